The lowest BCUT2D eigenvalue weighted by atomic mass is 10.0. The second-order valence-corrected chi connectivity index (χ2v) is 11.1. The zero-order chi connectivity index (χ0) is 26.9. The standard InChI is InChI=1S/C26H31F2N3O5S/c1-5-35-24(33)19-22(32)17-12-18(27)20(28)16(21(17)31-9-10-37-23(19)31)8-6-7-14-11-15(13-29-14)30-25(34)36-26(2,3)4/h6,8,12,14-15,29H,5,7,9-11,13H2,1-4H3,(H,30,34). The molecule has 0 aliphatic carbocycles. The molecule has 11 heteroatoms. The van der Waals surface area contributed by atoms with E-state index in [1.165, 1.54) is 17.8 Å². The topological polar surface area (TPSA) is 98.7 Å². The molecule has 2 aromatic rings. The number of benzene rings is 1. The SMILES string of the molecule is CCOC(=O)c1c2n(c3c(C=CCC4CC(NC(=O)OC(C)(C)C)CN4)c(F)c(F)cc3c1=O)CCS2. The molecule has 0 bridgehead atoms. The normalized spacial score (nSPS) is 19.4. The highest BCUT2D eigenvalue weighted by molar-refractivity contribution is 7.99. The number of carbonyl (C=O) groups is 2. The third-order valence-corrected chi connectivity index (χ3v) is 7.19. The van der Waals surface area contributed by atoms with E-state index in [4.69, 9.17) is 9.47 Å². The zero-order valence-electron chi connectivity index (χ0n) is 21.3. The summed E-state index contributed by atoms with van der Waals surface area (Å²) in [4.78, 5) is 37.8. The maximum Gasteiger partial charge on any atom is 0.407 e. The van der Waals surface area contributed by atoms with Crippen molar-refractivity contribution >= 4 is 40.8 Å². The number of carbonyl (C=O) groups excluding carboxylic acids is 2. The summed E-state index contributed by atoms with van der Waals surface area (Å²) in [5.41, 5.74) is -1.18. The first-order valence-electron chi connectivity index (χ1n) is 12.3. The minimum absolute atomic E-state index is 0.0125. The molecule has 37 heavy (non-hydrogen) atoms. The summed E-state index contributed by atoms with van der Waals surface area (Å²) < 4.78 is 41.7. The number of alkyl carbamates (subject to hydrolysis) is 1. The van der Waals surface area contributed by atoms with Crippen LogP contribution in [0.15, 0.2) is 22.0 Å². The second-order valence-electron chi connectivity index (χ2n) is 10.0. The van der Waals surface area contributed by atoms with Crippen LogP contribution >= 0.6 is 11.8 Å². The van der Waals surface area contributed by atoms with E-state index in [-0.39, 0.29) is 40.7 Å². The Hall–Kier alpha value is -2.92. The van der Waals surface area contributed by atoms with Gasteiger partial charge in [-0.25, -0.2) is 18.4 Å². The first kappa shape index (κ1) is 27.1. The number of fused-ring (bicyclic) bond motifs is 3. The van der Waals surface area contributed by atoms with Gasteiger partial charge in [-0.05, 0) is 46.6 Å². The number of hydrogen-bond acceptors (Lipinski definition) is 7. The molecule has 2 atom stereocenters. The lowest BCUT2D eigenvalue weighted by Crippen LogP contribution is -2.40. The number of aromatic nitrogens is 1. The minimum Gasteiger partial charge on any atom is -0.462 e. The molecule has 0 saturated carbocycles. The number of amides is 1. The van der Waals surface area contributed by atoms with Crippen molar-refractivity contribution in [1.29, 1.82) is 0 Å². The fourth-order valence-electron chi connectivity index (χ4n) is 4.63. The lowest BCUT2D eigenvalue weighted by molar-refractivity contribution is 0.0501. The maximum absolute atomic E-state index is 15.0. The number of aryl methyl sites for hydroxylation is 1. The van der Waals surface area contributed by atoms with Crippen LogP contribution in [0.4, 0.5) is 13.6 Å². The number of pyridine rings is 1. The number of ether oxygens (including phenoxy) is 2. The van der Waals surface area contributed by atoms with Crippen molar-refractivity contribution in [2.45, 2.75) is 69.8 Å². The van der Waals surface area contributed by atoms with Gasteiger partial charge in [-0.3, -0.25) is 4.79 Å². The third-order valence-electron chi connectivity index (χ3n) is 6.11. The Bertz CT molecular complexity index is 1320. The number of esters is 1. The number of halogens is 2. The Kier molecular flexibility index (Phi) is 7.94. The Morgan fingerprint density at radius 1 is 1.32 bits per heavy atom. The van der Waals surface area contributed by atoms with Gasteiger partial charge in [0.25, 0.3) is 0 Å². The summed E-state index contributed by atoms with van der Waals surface area (Å²) in [7, 11) is 0. The van der Waals surface area contributed by atoms with Crippen LogP contribution in [0.3, 0.4) is 0 Å². The molecule has 4 rings (SSSR count). The van der Waals surface area contributed by atoms with Crippen molar-refractivity contribution in [1.82, 2.24) is 15.2 Å². The average molecular weight is 536 g/mol. The molecule has 2 N–H and O–H groups in total. The molecule has 1 saturated heterocycles. The van der Waals surface area contributed by atoms with E-state index < -0.39 is 34.7 Å². The fourth-order valence-corrected chi connectivity index (χ4v) is 5.76. The minimum atomic E-state index is -1.16. The highest BCUT2D eigenvalue weighted by Gasteiger charge is 2.30. The van der Waals surface area contributed by atoms with Crippen molar-refractivity contribution in [3.8, 4) is 0 Å². The van der Waals surface area contributed by atoms with Crippen LogP contribution in [0.1, 0.15) is 56.5 Å². The van der Waals surface area contributed by atoms with Gasteiger partial charge < -0.3 is 24.7 Å². The molecule has 1 amide bonds. The Labute approximate surface area is 217 Å². The van der Waals surface area contributed by atoms with Crippen LogP contribution in [0.5, 0.6) is 0 Å². The van der Waals surface area contributed by atoms with Gasteiger partial charge in [0.1, 0.15) is 11.2 Å². The third kappa shape index (κ3) is 5.82. The van der Waals surface area contributed by atoms with Gasteiger partial charge in [0.15, 0.2) is 11.6 Å². The summed E-state index contributed by atoms with van der Waals surface area (Å²) in [5.74, 6) is -2.39. The van der Waals surface area contributed by atoms with Crippen LogP contribution in [0.25, 0.3) is 17.0 Å². The highest BCUT2D eigenvalue weighted by Crippen LogP contribution is 2.35. The van der Waals surface area contributed by atoms with Gasteiger partial charge >= 0.3 is 12.1 Å². The molecule has 1 fully saturated rings. The molecule has 2 aliphatic heterocycles. The first-order valence-corrected chi connectivity index (χ1v) is 13.3. The van der Waals surface area contributed by atoms with Crippen LogP contribution in [0, 0.1) is 11.6 Å². The van der Waals surface area contributed by atoms with E-state index in [9.17, 15) is 18.8 Å². The van der Waals surface area contributed by atoms with Gasteiger partial charge in [-0.2, -0.15) is 0 Å². The van der Waals surface area contributed by atoms with Gasteiger partial charge in [0.05, 0.1) is 22.5 Å². The highest BCUT2D eigenvalue weighted by atomic mass is 32.2. The lowest BCUT2D eigenvalue weighted by Gasteiger charge is -2.21. The Morgan fingerprint density at radius 2 is 2.08 bits per heavy atom. The van der Waals surface area contributed by atoms with E-state index in [0.29, 0.717) is 36.7 Å². The van der Waals surface area contributed by atoms with E-state index >= 15 is 4.39 Å². The van der Waals surface area contributed by atoms with E-state index in [2.05, 4.69) is 10.6 Å². The van der Waals surface area contributed by atoms with Crippen molar-refractivity contribution in [3.05, 3.63) is 45.1 Å². The van der Waals surface area contributed by atoms with Crippen molar-refractivity contribution < 1.29 is 27.8 Å². The summed E-state index contributed by atoms with van der Waals surface area (Å²) >= 11 is 1.32. The van der Waals surface area contributed by atoms with E-state index in [1.807, 2.05) is 0 Å². The molecule has 2 unspecified atom stereocenters. The summed E-state index contributed by atoms with van der Waals surface area (Å²) in [6.07, 6.45) is 3.87. The van der Waals surface area contributed by atoms with E-state index in [1.54, 1.807) is 38.3 Å². The number of thioether (sulfide) groups is 1. The molecular weight excluding hydrogens is 504 g/mol. The molecule has 0 spiro atoms. The first-order chi connectivity index (χ1) is 17.5. The average Bonchev–Trinajstić information content (AvgIpc) is 3.45. The maximum atomic E-state index is 15.0. The van der Waals surface area contributed by atoms with Gasteiger partial charge in [0.2, 0.25) is 5.43 Å². The molecule has 8 nitrogen and oxygen atoms in total. The summed E-state index contributed by atoms with van der Waals surface area (Å²) in [6, 6.07) is 0.757. The Morgan fingerprint density at radius 3 is 2.78 bits per heavy atom. The summed E-state index contributed by atoms with van der Waals surface area (Å²) in [5, 5.41) is 6.49. The molecule has 1 aromatic carbocycles. The van der Waals surface area contributed by atoms with Gasteiger partial charge in [-0.15, -0.1) is 11.8 Å². The van der Waals surface area contributed by atoms with Crippen LogP contribution in [-0.2, 0) is 16.0 Å². The molecule has 200 valence electrons. The molecule has 0 radical (unpaired) electrons. The van der Waals surface area contributed by atoms with Crippen molar-refractivity contribution in [2.24, 2.45) is 0 Å². The molecule has 1 aromatic heterocycles. The van der Waals surface area contributed by atoms with E-state index in [0.717, 1.165) is 6.07 Å². The van der Waals surface area contributed by atoms with Crippen LogP contribution in [-0.4, -0.2) is 53.2 Å². The summed E-state index contributed by atoms with van der Waals surface area (Å²) in [6.45, 7) is 8.11. The van der Waals surface area contributed by atoms with Crippen molar-refractivity contribution in [2.75, 3.05) is 18.9 Å². The Balaban J connectivity index is 1.59. The quantitative estimate of drug-likeness (QED) is 0.535. The smallest absolute Gasteiger partial charge is 0.407 e. The van der Waals surface area contributed by atoms with Crippen LogP contribution < -0.4 is 16.1 Å². The number of rotatable bonds is 6. The number of hydrogen-bond donors (Lipinski definition) is 2. The number of nitrogens with zero attached hydrogens (tertiary/aromatic N) is 1. The largest absolute Gasteiger partial charge is 0.462 e. The van der Waals surface area contributed by atoms with Gasteiger partial charge in [0, 0.05) is 36.5 Å². The fraction of sp³-hybridized carbons (Fsp3) is 0.500. The van der Waals surface area contributed by atoms with Crippen LogP contribution in [0.2, 0.25) is 0 Å². The predicted octanol–water partition coefficient (Wildman–Crippen LogP) is 4.22. The second kappa shape index (κ2) is 10.8. The zero-order valence-corrected chi connectivity index (χ0v) is 22.1. The van der Waals surface area contributed by atoms with Gasteiger partial charge in [-0.1, -0.05) is 12.2 Å². The molecule has 2 aliphatic rings. The molecular formula is C26H31F2N3O5S. The predicted molar refractivity (Wildman–Crippen MR) is 138 cm³/mol. The number of nitrogens with one attached hydrogen (secondary N) is 2. The monoisotopic (exact) mass is 535 g/mol. The van der Waals surface area contributed by atoms with Crippen molar-refractivity contribution in [3.63, 3.8) is 0 Å². The molecule has 3 heterocycles.